The number of benzene rings is 1. The second kappa shape index (κ2) is 8.37. The van der Waals surface area contributed by atoms with Gasteiger partial charge in [0.15, 0.2) is 11.5 Å². The topological polar surface area (TPSA) is 72.2 Å². The summed E-state index contributed by atoms with van der Waals surface area (Å²) in [6.45, 7) is 2.51. The van der Waals surface area contributed by atoms with Gasteiger partial charge in [0, 0.05) is 12.6 Å². The summed E-state index contributed by atoms with van der Waals surface area (Å²) in [5, 5.41) is -0.657. The molecule has 7 nitrogen and oxygen atoms in total. The number of ether oxygens (including phenoxy) is 2. The molecular weight excluding hydrogens is 396 g/mol. The third-order valence-electron chi connectivity index (χ3n) is 5.01. The van der Waals surface area contributed by atoms with Gasteiger partial charge in [-0.15, -0.1) is 11.6 Å². The van der Waals surface area contributed by atoms with E-state index in [0.717, 1.165) is 18.4 Å². The first-order chi connectivity index (χ1) is 14.0. The van der Waals surface area contributed by atoms with Crippen molar-refractivity contribution >= 4 is 23.4 Å². The first-order valence-corrected chi connectivity index (χ1v) is 10.1. The van der Waals surface area contributed by atoms with Crippen molar-refractivity contribution in [2.45, 2.75) is 44.3 Å². The van der Waals surface area contributed by atoms with Crippen LogP contribution in [0, 0.1) is 0 Å². The van der Waals surface area contributed by atoms with E-state index in [0.29, 0.717) is 30.3 Å². The second-order valence-corrected chi connectivity index (χ2v) is 7.98. The van der Waals surface area contributed by atoms with Gasteiger partial charge in [-0.25, -0.2) is 0 Å². The minimum atomic E-state index is -0.657. The van der Waals surface area contributed by atoms with Crippen LogP contribution < -0.4 is 9.47 Å². The van der Waals surface area contributed by atoms with E-state index in [4.69, 9.17) is 25.5 Å². The number of hydrogen-bond donors (Lipinski definition) is 0. The number of alkyl halides is 1. The van der Waals surface area contributed by atoms with E-state index >= 15 is 0 Å². The van der Waals surface area contributed by atoms with Crippen molar-refractivity contribution in [1.29, 1.82) is 0 Å². The van der Waals surface area contributed by atoms with Crippen LogP contribution in [0.1, 0.15) is 31.1 Å². The van der Waals surface area contributed by atoms with Crippen molar-refractivity contribution in [3.8, 4) is 11.5 Å². The van der Waals surface area contributed by atoms with Gasteiger partial charge in [0.2, 0.25) is 18.6 Å². The van der Waals surface area contributed by atoms with E-state index in [-0.39, 0.29) is 31.2 Å². The maximum atomic E-state index is 13.2. The predicted molar refractivity (Wildman–Crippen MR) is 106 cm³/mol. The molecule has 1 atom stereocenters. The van der Waals surface area contributed by atoms with Crippen LogP contribution in [0.15, 0.2) is 41.0 Å². The Morgan fingerprint density at radius 1 is 1.17 bits per heavy atom. The van der Waals surface area contributed by atoms with Crippen molar-refractivity contribution in [2.24, 2.45) is 0 Å². The Hall–Kier alpha value is -2.67. The van der Waals surface area contributed by atoms with Crippen molar-refractivity contribution in [3.05, 3.63) is 47.9 Å². The van der Waals surface area contributed by atoms with Crippen LogP contribution in [0.2, 0.25) is 0 Å². The molecular formula is C21H23ClN2O5. The monoisotopic (exact) mass is 418 g/mol. The van der Waals surface area contributed by atoms with Gasteiger partial charge < -0.3 is 23.7 Å². The van der Waals surface area contributed by atoms with Gasteiger partial charge >= 0.3 is 0 Å². The Balaban J connectivity index is 1.51. The zero-order chi connectivity index (χ0) is 20.4. The van der Waals surface area contributed by atoms with Crippen LogP contribution in [-0.2, 0) is 22.7 Å². The molecule has 1 aliphatic carbocycles. The first kappa shape index (κ1) is 19.6. The quantitative estimate of drug-likeness (QED) is 0.616. The number of fused-ring (bicyclic) bond motifs is 1. The van der Waals surface area contributed by atoms with Crippen molar-refractivity contribution in [1.82, 2.24) is 9.80 Å². The third kappa shape index (κ3) is 4.67. The smallest absolute Gasteiger partial charge is 0.242 e. The van der Waals surface area contributed by atoms with Crippen LogP contribution in [0.3, 0.4) is 0 Å². The van der Waals surface area contributed by atoms with E-state index < -0.39 is 5.38 Å². The van der Waals surface area contributed by atoms with E-state index in [2.05, 4.69) is 0 Å². The third-order valence-corrected chi connectivity index (χ3v) is 5.19. The first-order valence-electron chi connectivity index (χ1n) is 9.64. The molecule has 0 radical (unpaired) electrons. The number of amides is 2. The average Bonchev–Trinajstić information content (AvgIpc) is 3.21. The van der Waals surface area contributed by atoms with Gasteiger partial charge in [-0.1, -0.05) is 6.07 Å². The number of hydrogen-bond acceptors (Lipinski definition) is 5. The molecule has 1 aliphatic heterocycles. The molecule has 29 heavy (non-hydrogen) atoms. The molecule has 8 heteroatoms. The van der Waals surface area contributed by atoms with Crippen LogP contribution in [0.25, 0.3) is 0 Å². The lowest BCUT2D eigenvalue weighted by atomic mass is 10.2. The molecule has 0 N–H and O–H groups in total. The molecule has 1 aromatic heterocycles. The van der Waals surface area contributed by atoms with Crippen LogP contribution in [0.5, 0.6) is 11.5 Å². The normalized spacial score (nSPS) is 15.8. The van der Waals surface area contributed by atoms with Crippen LogP contribution in [-0.4, -0.2) is 46.4 Å². The SMILES string of the molecule is CC(Cl)C(=O)N(CC(=O)N(Cc1ccc2c(c1)OCO2)Cc1ccco1)C1CC1. The summed E-state index contributed by atoms with van der Waals surface area (Å²) in [7, 11) is 0. The molecule has 0 spiro atoms. The lowest BCUT2D eigenvalue weighted by Gasteiger charge is -2.28. The van der Waals surface area contributed by atoms with Crippen LogP contribution >= 0.6 is 11.6 Å². The Morgan fingerprint density at radius 2 is 1.97 bits per heavy atom. The lowest BCUT2D eigenvalue weighted by molar-refractivity contribution is -0.141. The van der Waals surface area contributed by atoms with Gasteiger partial charge in [0.25, 0.3) is 0 Å². The van der Waals surface area contributed by atoms with Gasteiger partial charge in [0.1, 0.15) is 17.7 Å². The molecule has 2 amide bonds. The summed E-state index contributed by atoms with van der Waals surface area (Å²) in [6, 6.07) is 9.32. The van der Waals surface area contributed by atoms with E-state index in [9.17, 15) is 9.59 Å². The highest BCUT2D eigenvalue weighted by Gasteiger charge is 2.36. The highest BCUT2D eigenvalue weighted by Crippen LogP contribution is 2.33. The fraction of sp³-hybridized carbons (Fsp3) is 0.429. The van der Waals surface area contributed by atoms with Crippen molar-refractivity contribution in [2.75, 3.05) is 13.3 Å². The molecule has 1 saturated carbocycles. The van der Waals surface area contributed by atoms with Crippen molar-refractivity contribution in [3.63, 3.8) is 0 Å². The predicted octanol–water partition coefficient (Wildman–Crippen LogP) is 3.16. The molecule has 2 aromatic rings. The summed E-state index contributed by atoms with van der Waals surface area (Å²) in [4.78, 5) is 28.9. The van der Waals surface area contributed by atoms with Gasteiger partial charge in [-0.3, -0.25) is 9.59 Å². The average molecular weight is 419 g/mol. The van der Waals surface area contributed by atoms with Gasteiger partial charge in [0.05, 0.1) is 12.8 Å². The minimum absolute atomic E-state index is 0.00577. The Labute approximate surface area is 174 Å². The maximum absolute atomic E-state index is 13.2. The van der Waals surface area contributed by atoms with Crippen molar-refractivity contribution < 1.29 is 23.5 Å². The summed E-state index contributed by atoms with van der Waals surface area (Å²) in [5.41, 5.74) is 0.907. The summed E-state index contributed by atoms with van der Waals surface area (Å²) in [5.74, 6) is 1.67. The zero-order valence-electron chi connectivity index (χ0n) is 16.2. The molecule has 0 saturated heterocycles. The number of halogens is 1. The number of nitrogens with zero attached hydrogens (tertiary/aromatic N) is 2. The molecule has 1 fully saturated rings. The molecule has 2 heterocycles. The number of furan rings is 1. The van der Waals surface area contributed by atoms with Crippen LogP contribution in [0.4, 0.5) is 0 Å². The van der Waals surface area contributed by atoms with E-state index in [1.165, 1.54) is 0 Å². The molecule has 1 aromatic carbocycles. The molecule has 0 bridgehead atoms. The largest absolute Gasteiger partial charge is 0.467 e. The Bertz CT molecular complexity index is 879. The fourth-order valence-corrected chi connectivity index (χ4v) is 3.46. The molecule has 154 valence electrons. The summed E-state index contributed by atoms with van der Waals surface area (Å²) in [6.07, 6.45) is 3.39. The van der Waals surface area contributed by atoms with Gasteiger partial charge in [-0.2, -0.15) is 0 Å². The maximum Gasteiger partial charge on any atom is 0.242 e. The summed E-state index contributed by atoms with van der Waals surface area (Å²) < 4.78 is 16.2. The lowest BCUT2D eigenvalue weighted by Crippen LogP contribution is -2.45. The van der Waals surface area contributed by atoms with E-state index in [1.54, 1.807) is 29.1 Å². The molecule has 2 aliphatic rings. The second-order valence-electron chi connectivity index (χ2n) is 7.33. The fourth-order valence-electron chi connectivity index (χ4n) is 3.33. The number of carbonyl (C=O) groups is 2. The summed E-state index contributed by atoms with van der Waals surface area (Å²) >= 11 is 6.00. The number of rotatable bonds is 8. The Morgan fingerprint density at radius 3 is 2.66 bits per heavy atom. The Kier molecular flexibility index (Phi) is 5.67. The highest BCUT2D eigenvalue weighted by molar-refractivity contribution is 6.30. The number of carbonyl (C=O) groups excluding carboxylic acids is 2. The molecule has 4 rings (SSSR count). The minimum Gasteiger partial charge on any atom is -0.467 e. The highest BCUT2D eigenvalue weighted by atomic mass is 35.5. The van der Waals surface area contributed by atoms with Gasteiger partial charge in [-0.05, 0) is 49.6 Å². The standard InChI is InChI=1S/C21H23ClN2O5/c1-14(22)21(26)24(16-5-6-16)12-20(25)23(11-17-3-2-8-27-17)10-15-4-7-18-19(9-15)29-13-28-18/h2-4,7-9,14,16H,5-6,10-13H2,1H3. The van der Waals surface area contributed by atoms with E-state index in [1.807, 2.05) is 24.3 Å². The zero-order valence-corrected chi connectivity index (χ0v) is 16.9. The molecule has 1 unspecified atom stereocenters.